The van der Waals surface area contributed by atoms with Crippen LogP contribution in [0.3, 0.4) is 0 Å². The van der Waals surface area contributed by atoms with Gasteiger partial charge >= 0.3 is 0 Å². The van der Waals surface area contributed by atoms with E-state index < -0.39 is 10.0 Å². The first-order valence-corrected chi connectivity index (χ1v) is 9.16. The Kier molecular flexibility index (Phi) is 5.78. The Morgan fingerprint density at radius 3 is 2.78 bits per heavy atom. The minimum Gasteiger partial charge on any atom is -0.376 e. The SMILES string of the molecule is Cc1ccc(C)c(S(=O)(=O)N(C)CC(=O)NC[C@H]2CCCO2)c1. The average molecular weight is 340 g/mol. The Balaban J connectivity index is 1.99. The Bertz CT molecular complexity index is 667. The van der Waals surface area contributed by atoms with Crippen LogP contribution in [0.15, 0.2) is 23.1 Å². The number of carbonyl (C=O) groups is 1. The molecule has 6 nitrogen and oxygen atoms in total. The maximum Gasteiger partial charge on any atom is 0.243 e. The van der Waals surface area contributed by atoms with Gasteiger partial charge in [-0.05, 0) is 43.9 Å². The molecule has 2 rings (SSSR count). The van der Waals surface area contributed by atoms with E-state index in [1.165, 1.54) is 7.05 Å². The van der Waals surface area contributed by atoms with Crippen molar-refractivity contribution >= 4 is 15.9 Å². The lowest BCUT2D eigenvalue weighted by Gasteiger charge is -2.19. The lowest BCUT2D eigenvalue weighted by Crippen LogP contribution is -2.41. The number of aryl methyl sites for hydroxylation is 2. The summed E-state index contributed by atoms with van der Waals surface area (Å²) in [7, 11) is -2.26. The number of hydrogen-bond acceptors (Lipinski definition) is 4. The maximum atomic E-state index is 12.6. The Morgan fingerprint density at radius 2 is 2.13 bits per heavy atom. The van der Waals surface area contributed by atoms with E-state index in [2.05, 4.69) is 5.32 Å². The van der Waals surface area contributed by atoms with E-state index in [1.807, 2.05) is 13.0 Å². The summed E-state index contributed by atoms with van der Waals surface area (Å²) >= 11 is 0. The van der Waals surface area contributed by atoms with Crippen molar-refractivity contribution in [3.63, 3.8) is 0 Å². The van der Waals surface area contributed by atoms with Gasteiger partial charge in [0.2, 0.25) is 15.9 Å². The molecule has 1 heterocycles. The highest BCUT2D eigenvalue weighted by Gasteiger charge is 2.25. The molecule has 0 aromatic heterocycles. The molecule has 0 radical (unpaired) electrons. The standard InChI is InChI=1S/C16H24N2O4S/c1-12-6-7-13(2)15(9-12)23(20,21)18(3)11-16(19)17-10-14-5-4-8-22-14/h6-7,9,14H,4-5,8,10-11H2,1-3H3,(H,17,19)/t14-/m1/s1. The Labute approximate surface area is 137 Å². The molecule has 0 aliphatic carbocycles. The summed E-state index contributed by atoms with van der Waals surface area (Å²) in [5.74, 6) is -0.322. The van der Waals surface area contributed by atoms with Gasteiger partial charge in [0.15, 0.2) is 0 Å². The van der Waals surface area contributed by atoms with E-state index in [-0.39, 0.29) is 23.5 Å². The zero-order chi connectivity index (χ0) is 17.0. The molecule has 1 atom stereocenters. The molecule has 0 saturated carbocycles. The minimum absolute atomic E-state index is 0.0416. The number of benzene rings is 1. The predicted molar refractivity (Wildman–Crippen MR) is 87.7 cm³/mol. The van der Waals surface area contributed by atoms with Crippen molar-refractivity contribution in [3.05, 3.63) is 29.3 Å². The van der Waals surface area contributed by atoms with E-state index in [9.17, 15) is 13.2 Å². The van der Waals surface area contributed by atoms with Crippen molar-refractivity contribution in [2.75, 3.05) is 26.7 Å². The molecular formula is C16H24N2O4S. The van der Waals surface area contributed by atoms with Crippen LogP contribution in [0.25, 0.3) is 0 Å². The van der Waals surface area contributed by atoms with E-state index >= 15 is 0 Å². The topological polar surface area (TPSA) is 75.7 Å². The van der Waals surface area contributed by atoms with Crippen LogP contribution in [-0.2, 0) is 19.6 Å². The van der Waals surface area contributed by atoms with Crippen LogP contribution >= 0.6 is 0 Å². The number of sulfonamides is 1. The summed E-state index contributed by atoms with van der Waals surface area (Å²) in [5.41, 5.74) is 1.53. The van der Waals surface area contributed by atoms with Crippen LogP contribution in [0, 0.1) is 13.8 Å². The molecule has 1 fully saturated rings. The van der Waals surface area contributed by atoms with E-state index in [4.69, 9.17) is 4.74 Å². The van der Waals surface area contributed by atoms with E-state index in [1.54, 1.807) is 19.1 Å². The first-order valence-electron chi connectivity index (χ1n) is 7.72. The van der Waals surface area contributed by atoms with Crippen molar-refractivity contribution in [2.24, 2.45) is 0 Å². The van der Waals surface area contributed by atoms with Crippen LogP contribution in [0.5, 0.6) is 0 Å². The van der Waals surface area contributed by atoms with E-state index in [0.29, 0.717) is 12.1 Å². The molecule has 0 spiro atoms. The quantitative estimate of drug-likeness (QED) is 0.845. The third-order valence-electron chi connectivity index (χ3n) is 3.95. The lowest BCUT2D eigenvalue weighted by atomic mass is 10.2. The van der Waals surface area contributed by atoms with Crippen molar-refractivity contribution in [1.82, 2.24) is 9.62 Å². The zero-order valence-electron chi connectivity index (χ0n) is 13.8. The highest BCUT2D eigenvalue weighted by Crippen LogP contribution is 2.20. The number of nitrogens with zero attached hydrogens (tertiary/aromatic N) is 1. The van der Waals surface area contributed by atoms with Gasteiger partial charge in [-0.15, -0.1) is 0 Å². The van der Waals surface area contributed by atoms with Gasteiger partial charge in [0.25, 0.3) is 0 Å². The Morgan fingerprint density at radius 1 is 1.39 bits per heavy atom. The molecule has 0 unspecified atom stereocenters. The summed E-state index contributed by atoms with van der Waals surface area (Å²) in [6, 6.07) is 5.27. The summed E-state index contributed by atoms with van der Waals surface area (Å²) in [6.07, 6.45) is 1.97. The predicted octanol–water partition coefficient (Wildman–Crippen LogP) is 1.22. The van der Waals surface area contributed by atoms with Crippen molar-refractivity contribution < 1.29 is 17.9 Å². The maximum absolute atomic E-state index is 12.6. The fourth-order valence-electron chi connectivity index (χ4n) is 2.53. The highest BCUT2D eigenvalue weighted by atomic mass is 32.2. The van der Waals surface area contributed by atoms with Crippen molar-refractivity contribution in [1.29, 1.82) is 0 Å². The van der Waals surface area contributed by atoms with E-state index in [0.717, 1.165) is 29.3 Å². The first-order chi connectivity index (χ1) is 10.8. The lowest BCUT2D eigenvalue weighted by molar-refractivity contribution is -0.121. The molecule has 128 valence electrons. The molecule has 1 N–H and O–H groups in total. The number of rotatable bonds is 6. The summed E-state index contributed by atoms with van der Waals surface area (Å²) in [4.78, 5) is 12.2. The number of nitrogens with one attached hydrogen (secondary N) is 1. The molecule has 23 heavy (non-hydrogen) atoms. The molecular weight excluding hydrogens is 316 g/mol. The number of amides is 1. The van der Waals surface area contributed by atoms with Gasteiger partial charge in [0.1, 0.15) is 0 Å². The molecule has 1 aromatic carbocycles. The molecule has 1 amide bonds. The molecule has 1 aromatic rings. The summed E-state index contributed by atoms with van der Waals surface area (Å²) < 4.78 is 31.8. The summed E-state index contributed by atoms with van der Waals surface area (Å²) in [6.45, 7) is 4.53. The monoisotopic (exact) mass is 340 g/mol. The highest BCUT2D eigenvalue weighted by molar-refractivity contribution is 7.89. The van der Waals surface area contributed by atoms with Crippen LogP contribution in [0.2, 0.25) is 0 Å². The second-order valence-electron chi connectivity index (χ2n) is 5.97. The molecule has 7 heteroatoms. The fraction of sp³-hybridized carbons (Fsp3) is 0.562. The smallest absolute Gasteiger partial charge is 0.243 e. The van der Waals surface area contributed by atoms with Gasteiger partial charge in [-0.3, -0.25) is 4.79 Å². The number of hydrogen-bond donors (Lipinski definition) is 1. The van der Waals surface area contributed by atoms with Crippen LogP contribution in [0.1, 0.15) is 24.0 Å². The average Bonchev–Trinajstić information content (AvgIpc) is 3.00. The van der Waals surface area contributed by atoms with Gasteiger partial charge in [-0.25, -0.2) is 8.42 Å². The molecule has 0 bridgehead atoms. The second kappa shape index (κ2) is 7.42. The molecule has 1 aliphatic rings. The third-order valence-corrected chi connectivity index (χ3v) is 5.89. The van der Waals surface area contributed by atoms with Gasteiger partial charge < -0.3 is 10.1 Å². The van der Waals surface area contributed by atoms with Gasteiger partial charge in [-0.1, -0.05) is 12.1 Å². The van der Waals surface area contributed by atoms with Gasteiger partial charge in [0, 0.05) is 20.2 Å². The zero-order valence-corrected chi connectivity index (χ0v) is 14.6. The van der Waals surface area contributed by atoms with Gasteiger partial charge in [0.05, 0.1) is 17.5 Å². The normalized spacial score (nSPS) is 18.3. The van der Waals surface area contributed by atoms with Crippen LogP contribution < -0.4 is 5.32 Å². The minimum atomic E-state index is -3.68. The fourth-order valence-corrected chi connectivity index (χ4v) is 3.96. The number of ether oxygens (including phenoxy) is 1. The number of likely N-dealkylation sites (N-methyl/N-ethyl adjacent to an activating group) is 1. The Hall–Kier alpha value is -1.44. The van der Waals surface area contributed by atoms with Gasteiger partial charge in [-0.2, -0.15) is 4.31 Å². The van der Waals surface area contributed by atoms with Crippen molar-refractivity contribution in [3.8, 4) is 0 Å². The molecule has 1 aliphatic heterocycles. The van der Waals surface area contributed by atoms with Crippen molar-refractivity contribution in [2.45, 2.75) is 37.7 Å². The van der Waals surface area contributed by atoms with Crippen LogP contribution in [0.4, 0.5) is 0 Å². The third kappa shape index (κ3) is 4.53. The number of carbonyl (C=O) groups excluding carboxylic acids is 1. The largest absolute Gasteiger partial charge is 0.376 e. The second-order valence-corrected chi connectivity index (χ2v) is 7.98. The molecule has 1 saturated heterocycles. The van der Waals surface area contributed by atoms with Crippen LogP contribution in [-0.4, -0.2) is 51.5 Å². The summed E-state index contributed by atoms with van der Waals surface area (Å²) in [5, 5.41) is 2.74. The first kappa shape index (κ1) is 17.9.